The van der Waals surface area contributed by atoms with Crippen molar-refractivity contribution in [3.63, 3.8) is 0 Å². The minimum atomic E-state index is 0.445. The summed E-state index contributed by atoms with van der Waals surface area (Å²) in [5.41, 5.74) is 7.91. The number of aromatic nitrogens is 3. The molecular weight excluding hydrogens is 232 g/mol. The van der Waals surface area contributed by atoms with Crippen molar-refractivity contribution in [2.75, 3.05) is 12.8 Å². The molecule has 18 heavy (non-hydrogen) atoms. The molecule has 0 spiro atoms. The first kappa shape index (κ1) is 10.6. The zero-order valence-corrected chi connectivity index (χ0v) is 10.0. The maximum Gasteiger partial charge on any atom is 0.232 e. The molecule has 0 aliphatic rings. The first-order valence-electron chi connectivity index (χ1n) is 5.42. The van der Waals surface area contributed by atoms with E-state index in [0.29, 0.717) is 34.1 Å². The highest BCUT2D eigenvalue weighted by Crippen LogP contribution is 2.31. The van der Waals surface area contributed by atoms with E-state index in [-0.39, 0.29) is 0 Å². The first-order chi connectivity index (χ1) is 8.70. The van der Waals surface area contributed by atoms with Crippen LogP contribution in [0.2, 0.25) is 0 Å². The number of nitrogens with two attached hydrogens (primary N) is 1. The van der Waals surface area contributed by atoms with Gasteiger partial charge in [0.2, 0.25) is 5.89 Å². The third-order valence-electron chi connectivity index (χ3n) is 2.82. The average Bonchev–Trinajstić information content (AvgIpc) is 2.94. The van der Waals surface area contributed by atoms with Crippen molar-refractivity contribution in [2.24, 2.45) is 7.05 Å². The van der Waals surface area contributed by atoms with E-state index in [1.54, 1.807) is 25.0 Å². The minimum absolute atomic E-state index is 0.445. The van der Waals surface area contributed by atoms with E-state index in [4.69, 9.17) is 14.9 Å². The Kier molecular flexibility index (Phi) is 2.22. The predicted molar refractivity (Wildman–Crippen MR) is 67.2 cm³/mol. The summed E-state index contributed by atoms with van der Waals surface area (Å²) in [6.07, 6.45) is 1.63. The summed E-state index contributed by atoms with van der Waals surface area (Å²) < 4.78 is 12.5. The molecule has 2 heterocycles. The molecule has 0 unspecified atom stereocenters. The minimum Gasteiger partial charge on any atom is -0.494 e. The number of benzene rings is 1. The van der Waals surface area contributed by atoms with Gasteiger partial charge in [-0.15, -0.1) is 0 Å². The summed E-state index contributed by atoms with van der Waals surface area (Å²) in [4.78, 5) is 4.40. The van der Waals surface area contributed by atoms with Crippen LogP contribution < -0.4 is 10.5 Å². The van der Waals surface area contributed by atoms with Gasteiger partial charge in [-0.25, -0.2) is 4.98 Å². The Balaban J connectivity index is 2.22. The number of nitrogen functional groups attached to an aromatic ring is 1. The Morgan fingerprint density at radius 2 is 2.22 bits per heavy atom. The predicted octanol–water partition coefficient (Wildman–Crippen LogP) is 1.82. The number of para-hydroxylation sites is 1. The Morgan fingerprint density at radius 1 is 1.39 bits per heavy atom. The van der Waals surface area contributed by atoms with Crippen LogP contribution in [0.5, 0.6) is 5.75 Å². The van der Waals surface area contributed by atoms with Crippen molar-refractivity contribution in [1.29, 1.82) is 0 Å². The number of fused-ring (bicyclic) bond motifs is 1. The average molecular weight is 244 g/mol. The molecule has 0 saturated heterocycles. The highest BCUT2D eigenvalue weighted by molar-refractivity contribution is 5.83. The van der Waals surface area contributed by atoms with Crippen molar-refractivity contribution in [1.82, 2.24) is 14.8 Å². The first-order valence-corrected chi connectivity index (χ1v) is 5.42. The molecule has 0 aliphatic heterocycles. The third kappa shape index (κ3) is 1.42. The van der Waals surface area contributed by atoms with Gasteiger partial charge in [-0.3, -0.25) is 4.68 Å². The topological polar surface area (TPSA) is 79.1 Å². The van der Waals surface area contributed by atoms with Gasteiger partial charge in [0.25, 0.3) is 0 Å². The molecule has 0 amide bonds. The van der Waals surface area contributed by atoms with Gasteiger partial charge in [0, 0.05) is 7.05 Å². The molecule has 0 radical (unpaired) electrons. The summed E-state index contributed by atoms with van der Waals surface area (Å²) in [6, 6.07) is 5.52. The van der Waals surface area contributed by atoms with Crippen LogP contribution >= 0.6 is 0 Å². The van der Waals surface area contributed by atoms with Crippen LogP contribution in [0.3, 0.4) is 0 Å². The van der Waals surface area contributed by atoms with Crippen LogP contribution in [0.1, 0.15) is 0 Å². The lowest BCUT2D eigenvalue weighted by Crippen LogP contribution is -1.98. The Labute approximate surface area is 103 Å². The van der Waals surface area contributed by atoms with Gasteiger partial charge in [-0.2, -0.15) is 5.10 Å². The van der Waals surface area contributed by atoms with E-state index < -0.39 is 0 Å². The maximum absolute atomic E-state index is 5.90. The second-order valence-electron chi connectivity index (χ2n) is 3.89. The van der Waals surface area contributed by atoms with Crippen molar-refractivity contribution in [2.45, 2.75) is 0 Å². The molecule has 6 heteroatoms. The molecule has 92 valence electrons. The van der Waals surface area contributed by atoms with Crippen molar-refractivity contribution in [3.8, 4) is 17.2 Å². The second kappa shape index (κ2) is 3.76. The summed E-state index contributed by atoms with van der Waals surface area (Å²) in [5, 5.41) is 4.07. The number of oxazole rings is 1. The fourth-order valence-electron chi connectivity index (χ4n) is 1.81. The molecule has 0 fully saturated rings. The summed E-state index contributed by atoms with van der Waals surface area (Å²) in [6.45, 7) is 0. The molecule has 6 nitrogen and oxygen atoms in total. The number of nitrogens with zero attached hydrogens (tertiary/aromatic N) is 3. The van der Waals surface area contributed by atoms with Gasteiger partial charge in [0.15, 0.2) is 11.1 Å². The summed E-state index contributed by atoms with van der Waals surface area (Å²) in [5.74, 6) is 1.63. The Hall–Kier alpha value is -2.50. The molecule has 2 aromatic heterocycles. The molecule has 0 atom stereocenters. The van der Waals surface area contributed by atoms with E-state index in [1.807, 2.05) is 18.2 Å². The number of aryl methyl sites for hydroxylation is 1. The SMILES string of the molecule is COc1cccc2oc(-c3cnn(C)c3N)nc12. The van der Waals surface area contributed by atoms with E-state index in [1.165, 1.54) is 0 Å². The van der Waals surface area contributed by atoms with Crippen LogP contribution in [0.4, 0.5) is 5.82 Å². The monoisotopic (exact) mass is 244 g/mol. The van der Waals surface area contributed by atoms with Gasteiger partial charge >= 0.3 is 0 Å². The Bertz CT molecular complexity index is 714. The molecule has 3 rings (SSSR count). The lowest BCUT2D eigenvalue weighted by Gasteiger charge is -1.96. The van der Waals surface area contributed by atoms with E-state index in [2.05, 4.69) is 10.1 Å². The van der Waals surface area contributed by atoms with Crippen LogP contribution in [0.15, 0.2) is 28.8 Å². The van der Waals surface area contributed by atoms with E-state index in [9.17, 15) is 0 Å². The normalized spacial score (nSPS) is 11.0. The van der Waals surface area contributed by atoms with Crippen molar-refractivity contribution in [3.05, 3.63) is 24.4 Å². The smallest absolute Gasteiger partial charge is 0.232 e. The third-order valence-corrected chi connectivity index (χ3v) is 2.82. The molecule has 3 aromatic rings. The fraction of sp³-hybridized carbons (Fsp3) is 0.167. The van der Waals surface area contributed by atoms with Crippen LogP contribution in [0.25, 0.3) is 22.6 Å². The van der Waals surface area contributed by atoms with Gasteiger partial charge < -0.3 is 14.9 Å². The second-order valence-corrected chi connectivity index (χ2v) is 3.89. The largest absolute Gasteiger partial charge is 0.494 e. The number of methoxy groups -OCH3 is 1. The number of hydrogen-bond donors (Lipinski definition) is 1. The molecular formula is C12H12N4O2. The number of rotatable bonds is 2. The highest BCUT2D eigenvalue weighted by Gasteiger charge is 2.16. The number of anilines is 1. The fourth-order valence-corrected chi connectivity index (χ4v) is 1.81. The lowest BCUT2D eigenvalue weighted by molar-refractivity contribution is 0.419. The van der Waals surface area contributed by atoms with Crippen molar-refractivity contribution >= 4 is 16.9 Å². The molecule has 2 N–H and O–H groups in total. The molecule has 0 aliphatic carbocycles. The Morgan fingerprint density at radius 3 is 2.89 bits per heavy atom. The zero-order valence-electron chi connectivity index (χ0n) is 10.0. The zero-order chi connectivity index (χ0) is 12.7. The van der Waals surface area contributed by atoms with Crippen molar-refractivity contribution < 1.29 is 9.15 Å². The number of hydrogen-bond acceptors (Lipinski definition) is 5. The van der Waals surface area contributed by atoms with Gasteiger partial charge in [0.05, 0.1) is 18.9 Å². The lowest BCUT2D eigenvalue weighted by atomic mass is 10.3. The quantitative estimate of drug-likeness (QED) is 0.743. The summed E-state index contributed by atoms with van der Waals surface area (Å²) >= 11 is 0. The van der Waals surface area contributed by atoms with E-state index in [0.717, 1.165) is 0 Å². The van der Waals surface area contributed by atoms with E-state index >= 15 is 0 Å². The van der Waals surface area contributed by atoms with Gasteiger partial charge in [-0.05, 0) is 12.1 Å². The standard InChI is InChI=1S/C12H12N4O2/c1-16-11(13)7(6-14-16)12-15-10-8(17-2)4-3-5-9(10)18-12/h3-6H,13H2,1-2H3. The maximum atomic E-state index is 5.90. The van der Waals surface area contributed by atoms with Crippen LogP contribution in [-0.4, -0.2) is 21.9 Å². The molecule has 1 aromatic carbocycles. The van der Waals surface area contributed by atoms with Gasteiger partial charge in [-0.1, -0.05) is 6.07 Å². The highest BCUT2D eigenvalue weighted by atomic mass is 16.5. The number of ether oxygens (including phenoxy) is 1. The van der Waals surface area contributed by atoms with Crippen LogP contribution in [0, 0.1) is 0 Å². The molecule has 0 saturated carbocycles. The van der Waals surface area contributed by atoms with Crippen LogP contribution in [-0.2, 0) is 7.05 Å². The molecule has 0 bridgehead atoms. The van der Waals surface area contributed by atoms with Gasteiger partial charge in [0.1, 0.15) is 11.6 Å². The summed E-state index contributed by atoms with van der Waals surface area (Å²) in [7, 11) is 3.36.